The molecule has 1 radical (unpaired) electrons. The van der Waals surface area contributed by atoms with Gasteiger partial charge in [0.2, 0.25) is 0 Å². The first kappa shape index (κ1) is 25.5. The van der Waals surface area contributed by atoms with E-state index in [1.165, 1.54) is 0 Å². The van der Waals surface area contributed by atoms with Crippen LogP contribution >= 0.6 is 25.3 Å². The Labute approximate surface area is 131 Å². The van der Waals surface area contributed by atoms with Gasteiger partial charge in [-0.2, -0.15) is 0 Å². The fourth-order valence-electron chi connectivity index (χ4n) is 0.250. The van der Waals surface area contributed by atoms with Crippen molar-refractivity contribution in [1.82, 2.24) is 0 Å². The molecule has 0 aromatic heterocycles. The summed E-state index contributed by atoms with van der Waals surface area (Å²) in [5, 5.41) is -1.28. The SMILES string of the molecule is CO[Si](OC)OC.NC(=O)S.NC(=O)S.[H-].[Na+]. The van der Waals surface area contributed by atoms with E-state index in [9.17, 15) is 0 Å². The van der Waals surface area contributed by atoms with Crippen molar-refractivity contribution < 1.29 is 53.9 Å². The molecule has 0 unspecified atom stereocenters. The normalized spacial score (nSPS) is 7.62. The summed E-state index contributed by atoms with van der Waals surface area (Å²) in [6, 6.07) is 0. The van der Waals surface area contributed by atoms with E-state index < -0.39 is 20.0 Å². The molecule has 2 amide bonds. The molecule has 0 aliphatic carbocycles. The Balaban J connectivity index is -0.0000000425. The van der Waals surface area contributed by atoms with Crippen LogP contribution in [0.3, 0.4) is 0 Å². The molecule has 0 saturated carbocycles. The maximum absolute atomic E-state index is 9.09. The second kappa shape index (κ2) is 21.1. The number of hydrogen-bond donors (Lipinski definition) is 4. The number of primary amides is 2. The molecule has 0 spiro atoms. The molecule has 16 heavy (non-hydrogen) atoms. The zero-order valence-electron chi connectivity index (χ0n) is 10.6. The summed E-state index contributed by atoms with van der Waals surface area (Å²) in [7, 11) is 3.31. The van der Waals surface area contributed by atoms with Gasteiger partial charge in [0.05, 0.1) is 0 Å². The molecule has 4 N–H and O–H groups in total. The van der Waals surface area contributed by atoms with E-state index in [1.54, 1.807) is 21.3 Å². The van der Waals surface area contributed by atoms with Crippen molar-refractivity contribution in [3.63, 3.8) is 0 Å². The smallest absolute Gasteiger partial charge is 1.00 e. The first-order valence-corrected chi connectivity index (χ1v) is 5.39. The second-order valence-corrected chi connectivity index (χ2v) is 4.15. The summed E-state index contributed by atoms with van der Waals surface area (Å²) < 4.78 is 14.1. The topological polar surface area (TPSA) is 114 Å². The zero-order chi connectivity index (χ0) is 12.9. The Kier molecular flexibility index (Phi) is 33.6. The summed E-state index contributed by atoms with van der Waals surface area (Å²) in [5.74, 6) is 0. The van der Waals surface area contributed by atoms with Crippen molar-refractivity contribution in [2.75, 3.05) is 21.3 Å². The van der Waals surface area contributed by atoms with Gasteiger partial charge in [0.15, 0.2) is 0 Å². The minimum Gasteiger partial charge on any atom is -1.00 e. The van der Waals surface area contributed by atoms with Crippen LogP contribution in [0.1, 0.15) is 1.43 Å². The van der Waals surface area contributed by atoms with Gasteiger partial charge in [0.25, 0.3) is 10.5 Å². The van der Waals surface area contributed by atoms with Crippen molar-refractivity contribution in [2.45, 2.75) is 0 Å². The van der Waals surface area contributed by atoms with E-state index in [0.717, 1.165) is 0 Å². The van der Waals surface area contributed by atoms with Gasteiger partial charge in [0, 0.05) is 21.3 Å². The largest absolute Gasteiger partial charge is 1.00 e. The second-order valence-electron chi connectivity index (χ2n) is 1.54. The molecule has 11 heteroatoms. The van der Waals surface area contributed by atoms with E-state index in [2.05, 4.69) is 36.7 Å². The van der Waals surface area contributed by atoms with Gasteiger partial charge in [-0.1, -0.05) is 25.3 Å². The Morgan fingerprint density at radius 3 is 1.12 bits per heavy atom. The number of amides is 2. The van der Waals surface area contributed by atoms with Crippen LogP contribution in [-0.4, -0.2) is 41.3 Å². The minimum atomic E-state index is -1.36. The standard InChI is InChI=1S/C3H9O3Si.2CH3NOS.Na.H/c1-4-7(5-2)6-3;2*2-1(3)4;;/h1-3H3;2*(H3,2,3,4);;/q;;;+1;-1. The third kappa shape index (κ3) is 61.3. The Hall–Kier alpha value is 0.737. The Morgan fingerprint density at radius 2 is 1.12 bits per heavy atom. The number of carbonyl (C=O) groups is 2. The number of hydrogen-bond acceptors (Lipinski definition) is 5. The molecule has 0 aliphatic rings. The first-order valence-electron chi connectivity index (χ1n) is 3.27. The summed E-state index contributed by atoms with van der Waals surface area (Å²) in [5.41, 5.74) is 8.67. The average molecular weight is 299 g/mol. The summed E-state index contributed by atoms with van der Waals surface area (Å²) in [4.78, 5) is 18.2. The van der Waals surface area contributed by atoms with Crippen LogP contribution < -0.4 is 41.0 Å². The third-order valence-electron chi connectivity index (χ3n) is 0.500. The van der Waals surface area contributed by atoms with Crippen molar-refractivity contribution in [2.24, 2.45) is 11.5 Å². The molecular weight excluding hydrogens is 283 g/mol. The van der Waals surface area contributed by atoms with Gasteiger partial charge in [-0.05, 0) is 0 Å². The summed E-state index contributed by atoms with van der Waals surface area (Å²) >= 11 is 6.21. The first-order chi connectivity index (χ1) is 6.81. The number of carbonyl (C=O) groups excluding carboxylic acids is 2. The molecule has 0 aromatic carbocycles. The van der Waals surface area contributed by atoms with E-state index in [-0.39, 0.29) is 31.0 Å². The van der Waals surface area contributed by atoms with Crippen LogP contribution in [-0.2, 0) is 13.3 Å². The predicted molar refractivity (Wildman–Crippen MR) is 65.0 cm³/mol. The maximum Gasteiger partial charge on any atom is 1.00 e. The fraction of sp³-hybridized carbons (Fsp3) is 0.600. The molecule has 0 aliphatic heterocycles. The van der Waals surface area contributed by atoms with E-state index in [1.807, 2.05) is 0 Å². The molecule has 0 bridgehead atoms. The van der Waals surface area contributed by atoms with E-state index in [0.29, 0.717) is 0 Å². The summed E-state index contributed by atoms with van der Waals surface area (Å²) in [6.45, 7) is 0. The molecule has 0 aromatic rings. The number of thiol groups is 2. The van der Waals surface area contributed by atoms with Gasteiger partial charge in [-0.3, -0.25) is 9.59 Å². The predicted octanol–water partition coefficient (Wildman–Crippen LogP) is -2.98. The zero-order valence-corrected chi connectivity index (χ0v) is 14.4. The quantitative estimate of drug-likeness (QED) is 0.328. The molecular formula is C5H16N2NaO5S2Si. The molecule has 0 rings (SSSR count). The Bertz CT molecular complexity index is 155. The van der Waals surface area contributed by atoms with Gasteiger partial charge in [-0.25, -0.2) is 0 Å². The monoisotopic (exact) mass is 299 g/mol. The van der Waals surface area contributed by atoms with Crippen LogP contribution in [0.25, 0.3) is 0 Å². The van der Waals surface area contributed by atoms with Crippen LogP contribution in [0.15, 0.2) is 0 Å². The molecule has 0 saturated heterocycles. The van der Waals surface area contributed by atoms with Gasteiger partial charge in [-0.15, -0.1) is 0 Å². The Morgan fingerprint density at radius 1 is 1.00 bits per heavy atom. The average Bonchev–Trinajstić information content (AvgIpc) is 2.05. The van der Waals surface area contributed by atoms with Gasteiger partial charge >= 0.3 is 39.1 Å². The number of nitrogens with two attached hydrogens (primary N) is 2. The van der Waals surface area contributed by atoms with E-state index >= 15 is 0 Å². The van der Waals surface area contributed by atoms with Crippen LogP contribution in [0.5, 0.6) is 0 Å². The summed E-state index contributed by atoms with van der Waals surface area (Å²) in [6.07, 6.45) is 0. The fourth-order valence-corrected chi connectivity index (χ4v) is 0.750. The van der Waals surface area contributed by atoms with Crippen molar-refractivity contribution in [1.29, 1.82) is 0 Å². The van der Waals surface area contributed by atoms with E-state index in [4.69, 9.17) is 22.9 Å². The molecule has 93 valence electrons. The van der Waals surface area contributed by atoms with Crippen molar-refractivity contribution >= 4 is 45.3 Å². The third-order valence-corrected chi connectivity index (χ3v) is 1.50. The van der Waals surface area contributed by atoms with Crippen molar-refractivity contribution in [3.8, 4) is 0 Å². The van der Waals surface area contributed by atoms with Gasteiger partial charge in [0.1, 0.15) is 0 Å². The molecule has 7 nitrogen and oxygen atoms in total. The van der Waals surface area contributed by atoms with Crippen LogP contribution in [0, 0.1) is 0 Å². The molecule has 0 heterocycles. The molecule has 0 fully saturated rings. The minimum absolute atomic E-state index is 0. The van der Waals surface area contributed by atoms with Crippen molar-refractivity contribution in [3.05, 3.63) is 0 Å². The number of rotatable bonds is 3. The van der Waals surface area contributed by atoms with Crippen LogP contribution in [0.2, 0.25) is 0 Å². The maximum atomic E-state index is 9.09. The van der Waals surface area contributed by atoms with Gasteiger partial charge < -0.3 is 26.2 Å². The van der Waals surface area contributed by atoms with Crippen LogP contribution in [0.4, 0.5) is 9.59 Å². The molecule has 0 atom stereocenters.